The van der Waals surface area contributed by atoms with E-state index >= 15 is 0 Å². The average molecular weight is 245 g/mol. The van der Waals surface area contributed by atoms with Crippen LogP contribution in [0.25, 0.3) is 0 Å². The van der Waals surface area contributed by atoms with Gasteiger partial charge >= 0.3 is 0 Å². The van der Waals surface area contributed by atoms with Gasteiger partial charge in [0.05, 0.1) is 11.1 Å². The number of nitrogens with zero attached hydrogens (tertiary/aromatic N) is 1. The van der Waals surface area contributed by atoms with Crippen LogP contribution >= 0.6 is 0 Å². The van der Waals surface area contributed by atoms with Gasteiger partial charge < -0.3 is 0 Å². The van der Waals surface area contributed by atoms with Crippen LogP contribution in [0.15, 0.2) is 36.4 Å². The normalized spacial score (nSPS) is 13.6. The molecule has 3 heteroatoms. The molecule has 1 aromatic rings. The van der Waals surface area contributed by atoms with E-state index < -0.39 is 0 Å². The minimum absolute atomic E-state index is 0.193. The molecule has 1 heterocycles. The van der Waals surface area contributed by atoms with Gasteiger partial charge in [-0.25, -0.2) is 0 Å². The smallest absolute Gasteiger partial charge is 0.261 e. The highest BCUT2D eigenvalue weighted by Gasteiger charge is 2.33. The van der Waals surface area contributed by atoms with E-state index in [1.807, 2.05) is 32.9 Å². The molecule has 18 heavy (non-hydrogen) atoms. The monoisotopic (exact) mass is 245 g/mol. The first-order chi connectivity index (χ1) is 8.75. The van der Waals surface area contributed by atoms with Crippen LogP contribution in [0, 0.1) is 0 Å². The fraction of sp³-hybridized carbons (Fsp3) is 0.333. The second kappa shape index (κ2) is 6.74. The maximum atomic E-state index is 11.9. The molecule has 0 aliphatic carbocycles. The predicted molar refractivity (Wildman–Crippen MR) is 72.6 cm³/mol. The van der Waals surface area contributed by atoms with Crippen molar-refractivity contribution in [3.63, 3.8) is 0 Å². The summed E-state index contributed by atoms with van der Waals surface area (Å²) in [6.45, 7) is 6.37. The van der Waals surface area contributed by atoms with Crippen molar-refractivity contribution in [2.45, 2.75) is 27.2 Å². The molecule has 1 aromatic carbocycles. The van der Waals surface area contributed by atoms with Crippen LogP contribution in [0.2, 0.25) is 0 Å². The Labute approximate surface area is 108 Å². The molecule has 0 saturated heterocycles. The third-order valence-electron chi connectivity index (χ3n) is 2.57. The van der Waals surface area contributed by atoms with Gasteiger partial charge in [0.15, 0.2) is 0 Å². The summed E-state index contributed by atoms with van der Waals surface area (Å²) >= 11 is 0. The highest BCUT2D eigenvalue weighted by molar-refractivity contribution is 6.21. The first-order valence-electron chi connectivity index (χ1n) is 6.36. The third kappa shape index (κ3) is 2.67. The van der Waals surface area contributed by atoms with E-state index in [-0.39, 0.29) is 11.8 Å². The summed E-state index contributed by atoms with van der Waals surface area (Å²) in [5.41, 5.74) is 1.02. The van der Waals surface area contributed by atoms with Crippen molar-refractivity contribution in [3.05, 3.63) is 47.5 Å². The van der Waals surface area contributed by atoms with Crippen LogP contribution in [0.5, 0.6) is 0 Å². The summed E-state index contributed by atoms with van der Waals surface area (Å²) in [6.07, 6.45) is 4.70. The minimum Gasteiger partial charge on any atom is -0.270 e. The van der Waals surface area contributed by atoms with Crippen molar-refractivity contribution in [2.24, 2.45) is 0 Å². The summed E-state index contributed by atoms with van der Waals surface area (Å²) in [6, 6.07) is 6.93. The minimum atomic E-state index is -0.193. The molecule has 2 amide bonds. The molecular weight excluding hydrogens is 226 g/mol. The Morgan fingerprint density at radius 2 is 1.50 bits per heavy atom. The Hall–Kier alpha value is -1.90. The van der Waals surface area contributed by atoms with Gasteiger partial charge in [0.1, 0.15) is 0 Å². The zero-order valence-electron chi connectivity index (χ0n) is 11.1. The van der Waals surface area contributed by atoms with Crippen LogP contribution in [-0.2, 0) is 0 Å². The molecule has 0 radical (unpaired) electrons. The molecular formula is C15H19NO2. The van der Waals surface area contributed by atoms with Crippen LogP contribution in [0.4, 0.5) is 0 Å². The summed E-state index contributed by atoms with van der Waals surface area (Å²) < 4.78 is 0. The van der Waals surface area contributed by atoms with Gasteiger partial charge in [0, 0.05) is 6.54 Å². The molecule has 0 fully saturated rings. The Balaban J connectivity index is 0.000000771. The number of carbonyl (C=O) groups excluding carboxylic acids is 2. The number of rotatable bonds is 3. The van der Waals surface area contributed by atoms with E-state index in [9.17, 15) is 9.59 Å². The largest absolute Gasteiger partial charge is 0.270 e. The molecule has 3 nitrogen and oxygen atoms in total. The molecule has 0 atom stereocenters. The fourth-order valence-electron chi connectivity index (χ4n) is 1.75. The molecule has 1 aliphatic rings. The first-order valence-corrected chi connectivity index (χ1v) is 6.36. The van der Waals surface area contributed by atoms with Crippen LogP contribution in [0.1, 0.15) is 47.9 Å². The van der Waals surface area contributed by atoms with Crippen LogP contribution in [0.3, 0.4) is 0 Å². The molecule has 0 bridgehead atoms. The van der Waals surface area contributed by atoms with Gasteiger partial charge in [-0.1, -0.05) is 45.1 Å². The fourth-order valence-corrected chi connectivity index (χ4v) is 1.75. The number of carbonyl (C=O) groups is 2. The Kier molecular flexibility index (Phi) is 5.31. The first kappa shape index (κ1) is 14.2. The van der Waals surface area contributed by atoms with Crippen molar-refractivity contribution in [1.82, 2.24) is 4.90 Å². The lowest BCUT2D eigenvalue weighted by Crippen LogP contribution is -2.29. The van der Waals surface area contributed by atoms with Gasteiger partial charge in [-0.05, 0) is 18.6 Å². The van der Waals surface area contributed by atoms with E-state index in [0.717, 1.165) is 6.42 Å². The van der Waals surface area contributed by atoms with E-state index in [0.29, 0.717) is 17.7 Å². The van der Waals surface area contributed by atoms with Gasteiger partial charge in [-0.15, -0.1) is 0 Å². The van der Waals surface area contributed by atoms with Crippen molar-refractivity contribution < 1.29 is 9.59 Å². The lowest BCUT2D eigenvalue weighted by atomic mass is 10.1. The number of benzene rings is 1. The van der Waals surface area contributed by atoms with E-state index in [4.69, 9.17) is 0 Å². The van der Waals surface area contributed by atoms with Crippen molar-refractivity contribution in [2.75, 3.05) is 6.54 Å². The quantitative estimate of drug-likeness (QED) is 0.605. The van der Waals surface area contributed by atoms with E-state index in [1.165, 1.54) is 4.90 Å². The number of hydrogen-bond donors (Lipinski definition) is 0. The molecule has 0 saturated carbocycles. The Bertz CT molecular complexity index is 428. The lowest BCUT2D eigenvalue weighted by molar-refractivity contribution is 0.0672. The number of hydrogen-bond acceptors (Lipinski definition) is 2. The lowest BCUT2D eigenvalue weighted by Gasteiger charge is -2.09. The zero-order valence-corrected chi connectivity index (χ0v) is 11.1. The number of imide groups is 1. The highest BCUT2D eigenvalue weighted by atomic mass is 16.2. The second-order valence-corrected chi connectivity index (χ2v) is 3.65. The number of allylic oxidation sites excluding steroid dienone is 1. The van der Waals surface area contributed by atoms with Gasteiger partial charge in [-0.2, -0.15) is 0 Å². The topological polar surface area (TPSA) is 37.4 Å². The van der Waals surface area contributed by atoms with E-state index in [2.05, 4.69) is 0 Å². The molecule has 0 unspecified atom stereocenters. The Morgan fingerprint density at radius 1 is 1.00 bits per heavy atom. The summed E-state index contributed by atoms with van der Waals surface area (Å²) in [4.78, 5) is 25.0. The molecule has 0 aromatic heterocycles. The number of fused-ring (bicyclic) bond motifs is 1. The molecule has 0 N–H and O–H groups in total. The molecule has 0 spiro atoms. The van der Waals surface area contributed by atoms with Crippen LogP contribution in [-0.4, -0.2) is 23.3 Å². The molecule has 1 aliphatic heterocycles. The summed E-state index contributed by atoms with van der Waals surface area (Å²) in [5.74, 6) is -0.386. The average Bonchev–Trinajstić information content (AvgIpc) is 2.67. The standard InChI is InChI=1S/C13H13NO2.C2H6/c1-2-3-6-9-14-12(15)10-7-4-5-8-11(10)13(14)16;1-2/h3-8H,2,9H2,1H3;1-2H3/b6-3+;. The second-order valence-electron chi connectivity index (χ2n) is 3.65. The molecule has 2 rings (SSSR count). The van der Waals surface area contributed by atoms with Gasteiger partial charge in [0.25, 0.3) is 11.8 Å². The number of amides is 2. The van der Waals surface area contributed by atoms with Crippen molar-refractivity contribution in [3.8, 4) is 0 Å². The van der Waals surface area contributed by atoms with Gasteiger partial charge in [0.2, 0.25) is 0 Å². The van der Waals surface area contributed by atoms with Crippen molar-refractivity contribution in [1.29, 1.82) is 0 Å². The predicted octanol–water partition coefficient (Wildman–Crippen LogP) is 3.28. The maximum Gasteiger partial charge on any atom is 0.261 e. The highest BCUT2D eigenvalue weighted by Crippen LogP contribution is 2.21. The maximum absolute atomic E-state index is 11.9. The molecule has 96 valence electrons. The summed E-state index contributed by atoms with van der Waals surface area (Å²) in [5, 5.41) is 0. The van der Waals surface area contributed by atoms with Crippen molar-refractivity contribution >= 4 is 11.8 Å². The summed E-state index contributed by atoms with van der Waals surface area (Å²) in [7, 11) is 0. The SMILES string of the molecule is CC.CC/C=C/CN1C(=O)c2ccccc2C1=O. The Morgan fingerprint density at radius 3 is 1.94 bits per heavy atom. The third-order valence-corrected chi connectivity index (χ3v) is 2.57. The zero-order chi connectivity index (χ0) is 13.5. The van der Waals surface area contributed by atoms with Gasteiger partial charge in [-0.3, -0.25) is 14.5 Å². The van der Waals surface area contributed by atoms with Crippen LogP contribution < -0.4 is 0 Å². The van der Waals surface area contributed by atoms with E-state index in [1.54, 1.807) is 24.3 Å².